The van der Waals surface area contributed by atoms with E-state index in [2.05, 4.69) is 20.2 Å². The van der Waals surface area contributed by atoms with Gasteiger partial charge in [0.2, 0.25) is 0 Å². The van der Waals surface area contributed by atoms with Crippen molar-refractivity contribution in [3.8, 4) is 0 Å². The summed E-state index contributed by atoms with van der Waals surface area (Å²) in [4.78, 5) is 40.0. The summed E-state index contributed by atoms with van der Waals surface area (Å²) < 4.78 is 21.6. The van der Waals surface area contributed by atoms with Crippen molar-refractivity contribution in [3.05, 3.63) is 47.8 Å². The van der Waals surface area contributed by atoms with E-state index in [0.29, 0.717) is 49.8 Å². The van der Waals surface area contributed by atoms with Gasteiger partial charge in [0.15, 0.2) is 11.5 Å². The first kappa shape index (κ1) is 24.8. The lowest BCUT2D eigenvalue weighted by molar-refractivity contribution is 0.0159. The zero-order valence-electron chi connectivity index (χ0n) is 21.8. The minimum absolute atomic E-state index is 0.0372. The number of pyridine rings is 2. The molecule has 0 aromatic carbocycles. The van der Waals surface area contributed by atoms with Gasteiger partial charge in [-0.25, -0.2) is 23.9 Å². The van der Waals surface area contributed by atoms with E-state index >= 15 is 0 Å². The standard InChI is InChI=1S/C26H32FN7O3/c1-16-13-32-15-18(12-20(27)23(32)29-16)30-24(35)34-9-7-19-21(6-8-28-22(19)34)31-10-11-33(17(2)14-31)25(36)37-26(3,4)5/h6,8,12-13,15,17H,7,9-11,14H2,1-5H3,(H,30,35)/t17-/m0/s1. The number of carbonyl (C=O) groups excluding carboxylic acids is 2. The molecule has 3 aromatic heterocycles. The molecule has 196 valence electrons. The van der Waals surface area contributed by atoms with Crippen molar-refractivity contribution < 1.29 is 18.7 Å². The number of ether oxygens (including phenoxy) is 1. The van der Waals surface area contributed by atoms with E-state index < -0.39 is 11.4 Å². The van der Waals surface area contributed by atoms with Crippen LogP contribution in [0, 0.1) is 12.7 Å². The maximum absolute atomic E-state index is 14.5. The molecule has 0 unspecified atom stereocenters. The first-order valence-corrected chi connectivity index (χ1v) is 12.5. The van der Waals surface area contributed by atoms with E-state index in [-0.39, 0.29) is 23.8 Å². The molecule has 1 saturated heterocycles. The van der Waals surface area contributed by atoms with Gasteiger partial charge in [0.1, 0.15) is 11.4 Å². The molecule has 2 aliphatic rings. The highest BCUT2D eigenvalue weighted by molar-refractivity contribution is 6.03. The fraction of sp³-hybridized carbons (Fsp3) is 0.462. The number of carbonyl (C=O) groups is 2. The molecule has 37 heavy (non-hydrogen) atoms. The van der Waals surface area contributed by atoms with Gasteiger partial charge in [-0.15, -0.1) is 0 Å². The number of hydrogen-bond donors (Lipinski definition) is 1. The van der Waals surface area contributed by atoms with Crippen molar-refractivity contribution in [3.63, 3.8) is 0 Å². The predicted octanol–water partition coefficient (Wildman–Crippen LogP) is 4.22. The maximum atomic E-state index is 14.5. The molecule has 5 rings (SSSR count). The van der Waals surface area contributed by atoms with Crippen molar-refractivity contribution in [1.82, 2.24) is 19.3 Å². The number of nitrogens with one attached hydrogen (secondary N) is 1. The summed E-state index contributed by atoms with van der Waals surface area (Å²) in [5.74, 6) is 0.0880. The number of anilines is 3. The molecule has 1 atom stereocenters. The number of rotatable bonds is 2. The zero-order chi connectivity index (χ0) is 26.5. The summed E-state index contributed by atoms with van der Waals surface area (Å²) in [5, 5.41) is 2.80. The van der Waals surface area contributed by atoms with E-state index in [4.69, 9.17) is 4.74 Å². The highest BCUT2D eigenvalue weighted by Gasteiger charge is 2.34. The number of aromatic nitrogens is 3. The Morgan fingerprint density at radius 1 is 1.19 bits per heavy atom. The van der Waals surface area contributed by atoms with Crippen LogP contribution in [-0.2, 0) is 11.2 Å². The van der Waals surface area contributed by atoms with Crippen LogP contribution in [0.3, 0.4) is 0 Å². The van der Waals surface area contributed by atoms with Gasteiger partial charge in [-0.05, 0) is 47.1 Å². The Balaban J connectivity index is 1.31. The van der Waals surface area contributed by atoms with E-state index in [1.54, 1.807) is 39.7 Å². The number of nitrogens with zero attached hydrogens (tertiary/aromatic N) is 6. The molecule has 5 heterocycles. The summed E-state index contributed by atoms with van der Waals surface area (Å²) in [5.41, 5.74) is 2.70. The third-order valence-corrected chi connectivity index (χ3v) is 6.57. The second kappa shape index (κ2) is 9.20. The highest BCUT2D eigenvalue weighted by atomic mass is 19.1. The molecule has 3 aromatic rings. The predicted molar refractivity (Wildman–Crippen MR) is 139 cm³/mol. The Hall–Kier alpha value is -3.89. The molecule has 0 saturated carbocycles. The molecule has 11 heteroatoms. The number of amides is 3. The normalized spacial score (nSPS) is 17.8. The van der Waals surface area contributed by atoms with Crippen molar-refractivity contribution in [2.24, 2.45) is 0 Å². The lowest BCUT2D eigenvalue weighted by Crippen LogP contribution is -2.55. The van der Waals surface area contributed by atoms with Crippen LogP contribution in [0.5, 0.6) is 0 Å². The Bertz CT molecular complexity index is 1370. The maximum Gasteiger partial charge on any atom is 0.410 e. The van der Waals surface area contributed by atoms with Crippen LogP contribution in [-0.4, -0.2) is 69.2 Å². The molecule has 10 nitrogen and oxygen atoms in total. The lowest BCUT2D eigenvalue weighted by atomic mass is 10.1. The Morgan fingerprint density at radius 3 is 2.70 bits per heavy atom. The average Bonchev–Trinajstić information content (AvgIpc) is 3.41. The van der Waals surface area contributed by atoms with Crippen molar-refractivity contribution >= 4 is 35.0 Å². The van der Waals surface area contributed by atoms with Gasteiger partial charge >= 0.3 is 12.1 Å². The van der Waals surface area contributed by atoms with Crippen LogP contribution in [0.25, 0.3) is 5.65 Å². The van der Waals surface area contributed by atoms with E-state index in [9.17, 15) is 14.0 Å². The topological polar surface area (TPSA) is 95.3 Å². The smallest absolute Gasteiger partial charge is 0.410 e. The summed E-state index contributed by atoms with van der Waals surface area (Å²) >= 11 is 0. The lowest BCUT2D eigenvalue weighted by Gasteiger charge is -2.41. The molecular weight excluding hydrogens is 477 g/mol. The fourth-order valence-electron chi connectivity index (χ4n) is 4.97. The zero-order valence-corrected chi connectivity index (χ0v) is 21.8. The third-order valence-electron chi connectivity index (χ3n) is 6.57. The molecule has 0 radical (unpaired) electrons. The number of piperazine rings is 1. The Kier molecular flexibility index (Phi) is 6.17. The largest absolute Gasteiger partial charge is 0.444 e. The van der Waals surface area contributed by atoms with Crippen LogP contribution in [0.15, 0.2) is 30.7 Å². The van der Waals surface area contributed by atoms with Crippen molar-refractivity contribution in [2.75, 3.05) is 41.3 Å². The minimum atomic E-state index is -0.543. The number of hydrogen-bond acceptors (Lipinski definition) is 6. The summed E-state index contributed by atoms with van der Waals surface area (Å²) in [6, 6.07) is 2.82. The first-order valence-electron chi connectivity index (χ1n) is 12.5. The SMILES string of the molecule is Cc1cn2cc(NC(=O)N3CCc4c(N5CCN(C(=O)OC(C)(C)C)[C@@H](C)C5)ccnc43)cc(F)c2n1. The first-order chi connectivity index (χ1) is 17.5. The minimum Gasteiger partial charge on any atom is -0.444 e. The molecule has 2 aliphatic heterocycles. The van der Waals surface area contributed by atoms with Gasteiger partial charge in [0, 0.05) is 68.1 Å². The number of urea groups is 1. The fourth-order valence-corrected chi connectivity index (χ4v) is 4.97. The van der Waals surface area contributed by atoms with E-state index in [1.807, 2.05) is 33.8 Å². The van der Waals surface area contributed by atoms with Gasteiger partial charge in [0.25, 0.3) is 0 Å². The molecular formula is C26H32FN7O3. The molecule has 1 N–H and O–H groups in total. The van der Waals surface area contributed by atoms with Crippen LogP contribution in [0.2, 0.25) is 0 Å². The van der Waals surface area contributed by atoms with Crippen LogP contribution in [0.4, 0.5) is 31.2 Å². The molecule has 0 aliphatic carbocycles. The number of fused-ring (bicyclic) bond motifs is 2. The van der Waals surface area contributed by atoms with Gasteiger partial charge < -0.3 is 24.3 Å². The number of halogens is 1. The second-order valence-corrected chi connectivity index (χ2v) is 10.6. The quantitative estimate of drug-likeness (QED) is 0.556. The van der Waals surface area contributed by atoms with Crippen molar-refractivity contribution in [1.29, 1.82) is 0 Å². The highest BCUT2D eigenvalue weighted by Crippen LogP contribution is 2.35. The van der Waals surface area contributed by atoms with E-state index in [0.717, 1.165) is 11.3 Å². The average molecular weight is 510 g/mol. The molecule has 0 spiro atoms. The Morgan fingerprint density at radius 2 is 1.97 bits per heavy atom. The second-order valence-electron chi connectivity index (χ2n) is 10.6. The van der Waals surface area contributed by atoms with Crippen LogP contribution in [0.1, 0.15) is 39.0 Å². The molecule has 0 bridgehead atoms. The van der Waals surface area contributed by atoms with Gasteiger partial charge in [0.05, 0.1) is 11.4 Å². The van der Waals surface area contributed by atoms with E-state index in [1.165, 1.54) is 6.07 Å². The van der Waals surface area contributed by atoms with Crippen LogP contribution < -0.4 is 15.1 Å². The van der Waals surface area contributed by atoms with Gasteiger partial charge in [-0.2, -0.15) is 0 Å². The molecule has 3 amide bonds. The van der Waals surface area contributed by atoms with Gasteiger partial charge in [-0.3, -0.25) is 4.90 Å². The third kappa shape index (κ3) is 4.90. The van der Waals surface area contributed by atoms with Crippen LogP contribution >= 0.6 is 0 Å². The monoisotopic (exact) mass is 509 g/mol. The summed E-state index contributed by atoms with van der Waals surface area (Å²) in [6.45, 7) is 11.7. The molecule has 1 fully saturated rings. The summed E-state index contributed by atoms with van der Waals surface area (Å²) in [7, 11) is 0. The van der Waals surface area contributed by atoms with Crippen molar-refractivity contribution in [2.45, 2.75) is 52.7 Å². The van der Waals surface area contributed by atoms with Gasteiger partial charge in [-0.1, -0.05) is 0 Å². The number of imidazole rings is 1. The summed E-state index contributed by atoms with van der Waals surface area (Å²) in [6.07, 6.45) is 5.40. The Labute approximate surface area is 215 Å². The number of aryl methyl sites for hydroxylation is 1.